The number of aryl methyl sites for hydroxylation is 1. The predicted octanol–water partition coefficient (Wildman–Crippen LogP) is 0.803. The smallest absolute Gasteiger partial charge is 0.263 e. The summed E-state index contributed by atoms with van der Waals surface area (Å²) in [5, 5.41) is 0. The number of amides is 2. The largest absolute Gasteiger partial charge is 0.398 e. The second-order valence-electron chi connectivity index (χ2n) is 3.39. The first-order chi connectivity index (χ1) is 6.54. The first-order valence-electron chi connectivity index (χ1n) is 4.25. The van der Waals surface area contributed by atoms with Crippen molar-refractivity contribution in [1.29, 1.82) is 0 Å². The number of hydrogen-bond donors (Lipinski definition) is 1. The molecular weight excluding hydrogens is 180 g/mol. The van der Waals surface area contributed by atoms with Crippen LogP contribution in [-0.2, 0) is 0 Å². The summed E-state index contributed by atoms with van der Waals surface area (Å²) in [5.41, 5.74) is 7.60. The van der Waals surface area contributed by atoms with Crippen LogP contribution in [-0.4, -0.2) is 23.8 Å². The zero-order chi connectivity index (χ0) is 10.5. The van der Waals surface area contributed by atoms with Crippen molar-refractivity contribution in [1.82, 2.24) is 4.90 Å². The van der Waals surface area contributed by atoms with Crippen molar-refractivity contribution in [2.45, 2.75) is 6.92 Å². The molecule has 1 aromatic rings. The van der Waals surface area contributed by atoms with Gasteiger partial charge in [-0.3, -0.25) is 14.5 Å². The number of fused-ring (bicyclic) bond motifs is 1. The fourth-order valence-corrected chi connectivity index (χ4v) is 1.66. The highest BCUT2D eigenvalue weighted by Gasteiger charge is 2.35. The molecule has 72 valence electrons. The summed E-state index contributed by atoms with van der Waals surface area (Å²) in [4.78, 5) is 24.3. The van der Waals surface area contributed by atoms with E-state index in [-0.39, 0.29) is 11.8 Å². The van der Waals surface area contributed by atoms with E-state index in [1.807, 2.05) is 0 Å². The summed E-state index contributed by atoms with van der Waals surface area (Å²) in [6.45, 7) is 1.79. The second kappa shape index (κ2) is 2.57. The third-order valence-corrected chi connectivity index (χ3v) is 2.48. The van der Waals surface area contributed by atoms with Crippen molar-refractivity contribution in [3.63, 3.8) is 0 Å². The maximum Gasteiger partial charge on any atom is 0.263 e. The Hall–Kier alpha value is -1.84. The zero-order valence-corrected chi connectivity index (χ0v) is 8.00. The molecule has 0 unspecified atom stereocenters. The highest BCUT2D eigenvalue weighted by Crippen LogP contribution is 2.29. The highest BCUT2D eigenvalue weighted by molar-refractivity contribution is 6.24. The van der Waals surface area contributed by atoms with Crippen LogP contribution in [0.2, 0.25) is 0 Å². The van der Waals surface area contributed by atoms with Crippen LogP contribution >= 0.6 is 0 Å². The van der Waals surface area contributed by atoms with Gasteiger partial charge in [0.15, 0.2) is 0 Å². The van der Waals surface area contributed by atoms with Gasteiger partial charge in [0.2, 0.25) is 0 Å². The van der Waals surface area contributed by atoms with Gasteiger partial charge in [-0.2, -0.15) is 0 Å². The van der Waals surface area contributed by atoms with Crippen LogP contribution in [0, 0.1) is 6.92 Å². The molecule has 4 nitrogen and oxygen atoms in total. The third-order valence-electron chi connectivity index (χ3n) is 2.48. The van der Waals surface area contributed by atoms with Gasteiger partial charge in [-0.1, -0.05) is 6.07 Å². The Morgan fingerprint density at radius 3 is 2.29 bits per heavy atom. The molecule has 0 aliphatic carbocycles. The van der Waals surface area contributed by atoms with Gasteiger partial charge >= 0.3 is 0 Å². The lowest BCUT2D eigenvalue weighted by Gasteiger charge is -2.03. The molecule has 2 rings (SSSR count). The highest BCUT2D eigenvalue weighted by atomic mass is 16.2. The fourth-order valence-electron chi connectivity index (χ4n) is 1.66. The molecule has 0 aromatic heterocycles. The number of nitrogens with zero attached hydrogens (tertiary/aromatic N) is 1. The molecule has 14 heavy (non-hydrogen) atoms. The van der Waals surface area contributed by atoms with Gasteiger partial charge in [-0.05, 0) is 18.6 Å². The van der Waals surface area contributed by atoms with Crippen molar-refractivity contribution in [2.24, 2.45) is 0 Å². The molecule has 2 N–H and O–H groups in total. The molecule has 0 bridgehead atoms. The SMILES string of the molecule is Cc1ccc(N)c2c1C(=O)N(C)C2=O. The number of nitrogens with two attached hydrogens (primary N) is 1. The van der Waals surface area contributed by atoms with Gasteiger partial charge in [0, 0.05) is 12.7 Å². The van der Waals surface area contributed by atoms with Gasteiger partial charge < -0.3 is 5.73 Å². The van der Waals surface area contributed by atoms with E-state index >= 15 is 0 Å². The van der Waals surface area contributed by atoms with E-state index in [4.69, 9.17) is 5.73 Å². The molecule has 0 radical (unpaired) electrons. The minimum atomic E-state index is -0.314. The minimum Gasteiger partial charge on any atom is -0.398 e. The van der Waals surface area contributed by atoms with E-state index in [1.54, 1.807) is 19.1 Å². The maximum absolute atomic E-state index is 11.6. The molecule has 0 fully saturated rings. The monoisotopic (exact) mass is 190 g/mol. The van der Waals surface area contributed by atoms with Gasteiger partial charge in [-0.25, -0.2) is 0 Å². The molecule has 1 heterocycles. The van der Waals surface area contributed by atoms with Crippen LogP contribution in [0.5, 0.6) is 0 Å². The Kier molecular flexibility index (Phi) is 1.61. The summed E-state index contributed by atoms with van der Waals surface area (Å²) in [6, 6.07) is 3.40. The molecular formula is C10H10N2O2. The molecule has 1 aliphatic heterocycles. The number of hydrogen-bond acceptors (Lipinski definition) is 3. The molecule has 0 atom stereocenters. The lowest BCUT2D eigenvalue weighted by atomic mass is 10.0. The van der Waals surface area contributed by atoms with Crippen LogP contribution in [0.15, 0.2) is 12.1 Å². The Morgan fingerprint density at radius 2 is 1.71 bits per heavy atom. The Labute approximate surface area is 81.3 Å². The van der Waals surface area contributed by atoms with Gasteiger partial charge in [0.1, 0.15) is 0 Å². The van der Waals surface area contributed by atoms with E-state index in [0.717, 1.165) is 10.5 Å². The molecule has 0 saturated heterocycles. The summed E-state index contributed by atoms with van der Waals surface area (Å²) in [7, 11) is 1.46. The van der Waals surface area contributed by atoms with Crippen molar-refractivity contribution in [2.75, 3.05) is 12.8 Å². The quantitative estimate of drug-likeness (QED) is 0.486. The van der Waals surface area contributed by atoms with Crippen molar-refractivity contribution in [3.8, 4) is 0 Å². The average molecular weight is 190 g/mol. The molecule has 4 heteroatoms. The van der Waals surface area contributed by atoms with E-state index in [1.165, 1.54) is 7.05 Å². The molecule has 2 amide bonds. The second-order valence-corrected chi connectivity index (χ2v) is 3.39. The lowest BCUT2D eigenvalue weighted by molar-refractivity contribution is 0.0693. The number of nitrogen functional groups attached to an aromatic ring is 1. The van der Waals surface area contributed by atoms with Crippen molar-refractivity contribution in [3.05, 3.63) is 28.8 Å². The average Bonchev–Trinajstić information content (AvgIpc) is 2.38. The van der Waals surface area contributed by atoms with E-state index in [2.05, 4.69) is 0 Å². The zero-order valence-electron chi connectivity index (χ0n) is 8.00. The summed E-state index contributed by atoms with van der Waals surface area (Å²) in [6.07, 6.45) is 0. The van der Waals surface area contributed by atoms with Crippen molar-refractivity contribution >= 4 is 17.5 Å². The Bertz CT molecular complexity index is 411. The predicted molar refractivity (Wildman–Crippen MR) is 52.0 cm³/mol. The Balaban J connectivity index is 2.80. The summed E-state index contributed by atoms with van der Waals surface area (Å²) >= 11 is 0. The van der Waals surface area contributed by atoms with E-state index in [0.29, 0.717) is 16.8 Å². The molecule has 1 aliphatic rings. The third kappa shape index (κ3) is 0.878. The number of carbonyl (C=O) groups excluding carboxylic acids is 2. The van der Waals surface area contributed by atoms with Crippen LogP contribution in [0.4, 0.5) is 5.69 Å². The van der Waals surface area contributed by atoms with Crippen molar-refractivity contribution < 1.29 is 9.59 Å². The standard InChI is InChI=1S/C10H10N2O2/c1-5-3-4-6(11)8-7(5)9(13)12(2)10(8)14/h3-4H,11H2,1-2H3. The van der Waals surface area contributed by atoms with Gasteiger partial charge in [0.25, 0.3) is 11.8 Å². The van der Waals surface area contributed by atoms with Crippen LogP contribution in [0.25, 0.3) is 0 Å². The van der Waals surface area contributed by atoms with Crippen LogP contribution in [0.3, 0.4) is 0 Å². The first kappa shape index (κ1) is 8.74. The molecule has 0 saturated carbocycles. The number of anilines is 1. The number of rotatable bonds is 0. The number of benzene rings is 1. The van der Waals surface area contributed by atoms with E-state index < -0.39 is 0 Å². The van der Waals surface area contributed by atoms with Gasteiger partial charge in [0.05, 0.1) is 11.1 Å². The van der Waals surface area contributed by atoms with Gasteiger partial charge in [-0.15, -0.1) is 0 Å². The van der Waals surface area contributed by atoms with E-state index in [9.17, 15) is 9.59 Å². The molecule has 0 spiro atoms. The lowest BCUT2D eigenvalue weighted by Crippen LogP contribution is -2.24. The number of imide groups is 1. The van der Waals surface area contributed by atoms with Crippen LogP contribution < -0.4 is 5.73 Å². The maximum atomic E-state index is 11.6. The first-order valence-corrected chi connectivity index (χ1v) is 4.25. The number of carbonyl (C=O) groups is 2. The normalized spacial score (nSPS) is 14.9. The fraction of sp³-hybridized carbons (Fsp3) is 0.200. The van der Waals surface area contributed by atoms with Crippen LogP contribution in [0.1, 0.15) is 26.3 Å². The minimum absolute atomic E-state index is 0.269. The summed E-state index contributed by atoms with van der Waals surface area (Å²) < 4.78 is 0. The topological polar surface area (TPSA) is 63.4 Å². The Morgan fingerprint density at radius 1 is 1.14 bits per heavy atom. The molecule has 1 aromatic carbocycles. The summed E-state index contributed by atoms with van der Waals surface area (Å²) in [5.74, 6) is -0.582.